The monoisotopic (exact) mass is 490 g/mol. The topological polar surface area (TPSA) is 82.3 Å². The van der Waals surface area contributed by atoms with Crippen LogP contribution in [0.2, 0.25) is 0 Å². The summed E-state index contributed by atoms with van der Waals surface area (Å²) in [6.45, 7) is 10.6. The van der Waals surface area contributed by atoms with E-state index in [0.717, 1.165) is 55.8 Å². The van der Waals surface area contributed by atoms with Crippen LogP contribution < -0.4 is 5.32 Å². The Morgan fingerprint density at radius 2 is 1.89 bits per heavy atom. The van der Waals surface area contributed by atoms with E-state index in [1.165, 1.54) is 10.4 Å². The van der Waals surface area contributed by atoms with Gasteiger partial charge in [0.25, 0.3) is 0 Å². The zero-order chi connectivity index (χ0) is 24.9. The SMILES string of the molecule is C=C(Nc1cncc(-c2ccc3[nH]nc(-c4cc5c(-c6cccs6)ccnc5[nH]4)c3c2)c1)C(C)(C)C. The first-order valence-electron chi connectivity index (χ1n) is 11.8. The average Bonchev–Trinajstić information content (AvgIpc) is 3.62. The van der Waals surface area contributed by atoms with Crippen LogP contribution in [0.15, 0.2) is 84.8 Å². The quantitative estimate of drug-likeness (QED) is 0.230. The summed E-state index contributed by atoms with van der Waals surface area (Å²) in [7, 11) is 0. The van der Waals surface area contributed by atoms with E-state index in [1.54, 1.807) is 11.3 Å². The van der Waals surface area contributed by atoms with Crippen molar-refractivity contribution in [2.75, 3.05) is 5.32 Å². The second kappa shape index (κ2) is 8.46. The maximum absolute atomic E-state index is 4.65. The molecule has 178 valence electrons. The lowest BCUT2D eigenvalue weighted by atomic mass is 9.93. The molecular formula is C29H26N6S. The molecule has 0 spiro atoms. The molecule has 0 aliphatic heterocycles. The van der Waals surface area contributed by atoms with Crippen LogP contribution in [-0.4, -0.2) is 25.1 Å². The minimum atomic E-state index is -0.0432. The second-order valence-electron chi connectivity index (χ2n) is 9.93. The van der Waals surface area contributed by atoms with Gasteiger partial charge in [-0.1, -0.05) is 39.5 Å². The van der Waals surface area contributed by atoms with E-state index in [4.69, 9.17) is 0 Å². The molecule has 0 atom stereocenters. The number of rotatable bonds is 5. The molecule has 5 aromatic heterocycles. The number of hydrogen-bond acceptors (Lipinski definition) is 5. The van der Waals surface area contributed by atoms with Crippen LogP contribution in [0.4, 0.5) is 5.69 Å². The van der Waals surface area contributed by atoms with Crippen LogP contribution in [0.1, 0.15) is 20.8 Å². The molecule has 7 heteroatoms. The van der Waals surface area contributed by atoms with Crippen molar-refractivity contribution >= 4 is 39.0 Å². The van der Waals surface area contributed by atoms with Crippen molar-refractivity contribution in [2.24, 2.45) is 5.41 Å². The van der Waals surface area contributed by atoms with E-state index in [9.17, 15) is 0 Å². The van der Waals surface area contributed by atoms with Crippen LogP contribution >= 0.6 is 11.3 Å². The Labute approximate surface area is 213 Å². The summed E-state index contributed by atoms with van der Waals surface area (Å²) >= 11 is 1.73. The molecule has 6 rings (SSSR count). The van der Waals surface area contributed by atoms with E-state index in [2.05, 4.69) is 112 Å². The Morgan fingerprint density at radius 3 is 2.69 bits per heavy atom. The summed E-state index contributed by atoms with van der Waals surface area (Å²) in [4.78, 5) is 13.7. The highest BCUT2D eigenvalue weighted by atomic mass is 32.1. The molecule has 0 fully saturated rings. The number of pyridine rings is 2. The number of anilines is 1. The van der Waals surface area contributed by atoms with Crippen molar-refractivity contribution < 1.29 is 0 Å². The van der Waals surface area contributed by atoms with Crippen LogP contribution in [0.25, 0.3) is 54.9 Å². The molecule has 1 aromatic carbocycles. The van der Waals surface area contributed by atoms with Crippen molar-refractivity contribution in [3.63, 3.8) is 0 Å². The molecule has 0 bridgehead atoms. The molecule has 36 heavy (non-hydrogen) atoms. The van der Waals surface area contributed by atoms with Gasteiger partial charge in [0.1, 0.15) is 11.3 Å². The van der Waals surface area contributed by atoms with Gasteiger partial charge < -0.3 is 10.3 Å². The van der Waals surface area contributed by atoms with E-state index in [0.29, 0.717) is 0 Å². The van der Waals surface area contributed by atoms with Crippen LogP contribution in [0.5, 0.6) is 0 Å². The fourth-order valence-corrected chi connectivity index (χ4v) is 4.99. The van der Waals surface area contributed by atoms with Crippen molar-refractivity contribution in [3.8, 4) is 33.0 Å². The first-order chi connectivity index (χ1) is 17.4. The van der Waals surface area contributed by atoms with Crippen molar-refractivity contribution in [2.45, 2.75) is 20.8 Å². The van der Waals surface area contributed by atoms with Gasteiger partial charge >= 0.3 is 0 Å². The minimum Gasteiger partial charge on any atom is -0.358 e. The largest absolute Gasteiger partial charge is 0.358 e. The average molecular weight is 491 g/mol. The van der Waals surface area contributed by atoms with Crippen molar-refractivity contribution in [1.29, 1.82) is 0 Å². The van der Waals surface area contributed by atoms with Crippen molar-refractivity contribution in [3.05, 3.63) is 84.8 Å². The predicted octanol–water partition coefficient (Wildman–Crippen LogP) is 7.87. The summed E-state index contributed by atoms with van der Waals surface area (Å²) in [5, 5.41) is 15.5. The number of hydrogen-bond donors (Lipinski definition) is 3. The molecule has 5 heterocycles. The highest BCUT2D eigenvalue weighted by Gasteiger charge is 2.17. The van der Waals surface area contributed by atoms with Gasteiger partial charge in [-0.15, -0.1) is 11.3 Å². The minimum absolute atomic E-state index is 0.0432. The van der Waals surface area contributed by atoms with Crippen LogP contribution in [0, 0.1) is 5.41 Å². The summed E-state index contributed by atoms with van der Waals surface area (Å²) < 4.78 is 0. The fourth-order valence-electron chi connectivity index (χ4n) is 4.23. The number of benzene rings is 1. The van der Waals surface area contributed by atoms with Gasteiger partial charge in [-0.05, 0) is 47.3 Å². The molecule has 3 N–H and O–H groups in total. The molecule has 0 aliphatic carbocycles. The van der Waals surface area contributed by atoms with Gasteiger partial charge in [0.15, 0.2) is 0 Å². The van der Waals surface area contributed by atoms with Crippen molar-refractivity contribution in [1.82, 2.24) is 25.1 Å². The summed E-state index contributed by atoms with van der Waals surface area (Å²) in [6.07, 6.45) is 5.55. The molecule has 0 aliphatic rings. The second-order valence-corrected chi connectivity index (χ2v) is 10.9. The summed E-state index contributed by atoms with van der Waals surface area (Å²) in [5.74, 6) is 0. The predicted molar refractivity (Wildman–Crippen MR) is 150 cm³/mol. The van der Waals surface area contributed by atoms with E-state index >= 15 is 0 Å². The number of allylic oxidation sites excluding steroid dienone is 1. The Morgan fingerprint density at radius 1 is 1.00 bits per heavy atom. The van der Waals surface area contributed by atoms with Gasteiger partial charge in [-0.25, -0.2) is 4.98 Å². The van der Waals surface area contributed by atoms with E-state index < -0.39 is 0 Å². The standard InChI is InChI=1S/C29H26N6S/c1-17(29(2,3)4)32-20-12-19(15-30-16-20)18-7-8-24-23(13-18)27(35-34-24)25-14-22-21(26-6-5-11-36-26)9-10-31-28(22)33-25/h5-16,32H,1H2,2-4H3,(H,31,33)(H,34,35). The Balaban J connectivity index is 1.40. The number of aromatic amines is 2. The Bertz CT molecular complexity index is 1720. The summed E-state index contributed by atoms with van der Waals surface area (Å²) in [6, 6.07) is 16.8. The van der Waals surface area contributed by atoms with E-state index in [-0.39, 0.29) is 5.41 Å². The lowest BCUT2D eigenvalue weighted by Gasteiger charge is -2.23. The zero-order valence-corrected chi connectivity index (χ0v) is 21.2. The highest BCUT2D eigenvalue weighted by Crippen LogP contribution is 2.36. The first-order valence-corrected chi connectivity index (χ1v) is 12.7. The summed E-state index contributed by atoms with van der Waals surface area (Å²) in [5.41, 5.74) is 8.71. The molecular weight excluding hydrogens is 464 g/mol. The number of thiophene rings is 1. The van der Waals surface area contributed by atoms with Gasteiger partial charge in [0.2, 0.25) is 0 Å². The fraction of sp³-hybridized carbons (Fsp3) is 0.138. The number of nitrogens with zero attached hydrogens (tertiary/aromatic N) is 3. The number of fused-ring (bicyclic) bond motifs is 2. The smallest absolute Gasteiger partial charge is 0.138 e. The zero-order valence-electron chi connectivity index (χ0n) is 20.4. The van der Waals surface area contributed by atoms with Gasteiger partial charge in [-0.2, -0.15) is 5.10 Å². The maximum atomic E-state index is 4.65. The van der Waals surface area contributed by atoms with Crippen LogP contribution in [0.3, 0.4) is 0 Å². The molecule has 0 radical (unpaired) electrons. The molecule has 0 saturated heterocycles. The lowest BCUT2D eigenvalue weighted by molar-refractivity contribution is 0.509. The third kappa shape index (κ3) is 3.97. The van der Waals surface area contributed by atoms with E-state index in [1.807, 2.05) is 18.6 Å². The number of H-pyrrole nitrogens is 2. The number of aromatic nitrogens is 5. The normalized spacial score (nSPS) is 11.9. The van der Waals surface area contributed by atoms with Crippen LogP contribution in [-0.2, 0) is 0 Å². The molecule has 0 unspecified atom stereocenters. The molecule has 0 amide bonds. The maximum Gasteiger partial charge on any atom is 0.138 e. The number of nitrogens with one attached hydrogen (secondary N) is 3. The highest BCUT2D eigenvalue weighted by molar-refractivity contribution is 7.13. The first kappa shape index (κ1) is 22.2. The Kier molecular flexibility index (Phi) is 5.23. The molecule has 0 saturated carbocycles. The van der Waals surface area contributed by atoms with Gasteiger partial charge in [0.05, 0.1) is 23.1 Å². The van der Waals surface area contributed by atoms with Gasteiger partial charge in [-0.3, -0.25) is 10.1 Å². The third-order valence-corrected chi connectivity index (χ3v) is 7.31. The molecule has 6 nitrogen and oxygen atoms in total. The Hall–Kier alpha value is -4.23. The third-order valence-electron chi connectivity index (χ3n) is 6.41. The van der Waals surface area contributed by atoms with Gasteiger partial charge in [0, 0.05) is 50.3 Å². The lowest BCUT2D eigenvalue weighted by Crippen LogP contribution is -2.15. The molecule has 6 aromatic rings.